The molecule has 0 aliphatic heterocycles. The molecule has 0 aliphatic rings. The zero-order valence-electron chi connectivity index (χ0n) is 6.41. The standard InChI is InChI=1S/C8H7BrO2S/c1-11-8(10)3-2-6-4-12-5-7(6)9/h2-5H,1H3/b3-2+. The lowest BCUT2D eigenvalue weighted by Gasteiger charge is -1.89. The number of carbonyl (C=O) groups is 1. The van der Waals surface area contributed by atoms with E-state index in [1.165, 1.54) is 13.2 Å². The number of ether oxygens (including phenoxy) is 1. The van der Waals surface area contributed by atoms with Crippen molar-refractivity contribution in [2.24, 2.45) is 0 Å². The summed E-state index contributed by atoms with van der Waals surface area (Å²) in [5.41, 5.74) is 0.991. The Morgan fingerprint density at radius 1 is 1.67 bits per heavy atom. The number of thiophene rings is 1. The first kappa shape index (κ1) is 9.48. The summed E-state index contributed by atoms with van der Waals surface area (Å²) >= 11 is 4.92. The van der Waals surface area contributed by atoms with E-state index in [0.29, 0.717) is 0 Å². The molecule has 1 rings (SSSR count). The van der Waals surface area contributed by atoms with Crippen molar-refractivity contribution in [3.05, 3.63) is 26.9 Å². The van der Waals surface area contributed by atoms with Crippen LogP contribution in [0.2, 0.25) is 0 Å². The Hall–Kier alpha value is -0.610. The molecule has 0 radical (unpaired) electrons. The van der Waals surface area contributed by atoms with Crippen molar-refractivity contribution in [2.45, 2.75) is 0 Å². The summed E-state index contributed by atoms with van der Waals surface area (Å²) in [7, 11) is 1.36. The molecule has 0 atom stereocenters. The topological polar surface area (TPSA) is 26.3 Å². The van der Waals surface area contributed by atoms with Gasteiger partial charge in [-0.05, 0) is 32.9 Å². The van der Waals surface area contributed by atoms with Gasteiger partial charge in [0.2, 0.25) is 0 Å². The van der Waals surface area contributed by atoms with Crippen molar-refractivity contribution < 1.29 is 9.53 Å². The SMILES string of the molecule is COC(=O)/C=C/c1cscc1Br. The molecule has 0 saturated heterocycles. The molecule has 0 fully saturated rings. The van der Waals surface area contributed by atoms with Gasteiger partial charge in [-0.15, -0.1) is 0 Å². The molecule has 0 unspecified atom stereocenters. The van der Waals surface area contributed by atoms with Gasteiger partial charge >= 0.3 is 5.97 Å². The molecule has 0 bridgehead atoms. The Balaban J connectivity index is 2.69. The molecule has 1 aromatic heterocycles. The van der Waals surface area contributed by atoms with Crippen LogP contribution in [-0.2, 0) is 9.53 Å². The lowest BCUT2D eigenvalue weighted by atomic mass is 10.3. The van der Waals surface area contributed by atoms with Crippen molar-refractivity contribution >= 4 is 39.3 Å². The fourth-order valence-electron chi connectivity index (χ4n) is 0.636. The summed E-state index contributed by atoms with van der Waals surface area (Å²) in [5.74, 6) is -0.340. The van der Waals surface area contributed by atoms with Gasteiger partial charge in [-0.2, -0.15) is 11.3 Å². The van der Waals surface area contributed by atoms with Crippen LogP contribution in [0.3, 0.4) is 0 Å². The molecule has 0 aromatic carbocycles. The molecule has 0 saturated carbocycles. The summed E-state index contributed by atoms with van der Waals surface area (Å²) in [6, 6.07) is 0. The molecule has 0 N–H and O–H groups in total. The summed E-state index contributed by atoms with van der Waals surface area (Å²) in [6.07, 6.45) is 3.11. The van der Waals surface area contributed by atoms with E-state index in [1.54, 1.807) is 17.4 Å². The van der Waals surface area contributed by atoms with Gasteiger partial charge in [-0.25, -0.2) is 4.79 Å². The number of hydrogen-bond acceptors (Lipinski definition) is 3. The van der Waals surface area contributed by atoms with Crippen LogP contribution in [-0.4, -0.2) is 13.1 Å². The molecule has 64 valence electrons. The second-order valence-corrected chi connectivity index (χ2v) is 3.63. The van der Waals surface area contributed by atoms with Crippen LogP contribution >= 0.6 is 27.3 Å². The van der Waals surface area contributed by atoms with Gasteiger partial charge in [0.1, 0.15) is 0 Å². The molecule has 0 aliphatic carbocycles. The zero-order chi connectivity index (χ0) is 8.97. The van der Waals surface area contributed by atoms with Crippen molar-refractivity contribution in [1.29, 1.82) is 0 Å². The average molecular weight is 247 g/mol. The Kier molecular flexibility index (Phi) is 3.49. The Bertz CT molecular complexity index is 304. The van der Waals surface area contributed by atoms with Gasteiger partial charge in [0, 0.05) is 15.9 Å². The largest absolute Gasteiger partial charge is 0.466 e. The molecule has 0 spiro atoms. The molecule has 1 aromatic rings. The van der Waals surface area contributed by atoms with Crippen LogP contribution in [0.4, 0.5) is 0 Å². The van der Waals surface area contributed by atoms with Crippen molar-refractivity contribution in [2.75, 3.05) is 7.11 Å². The predicted octanol–water partition coefficient (Wildman–Crippen LogP) is 2.70. The number of carbonyl (C=O) groups excluding carboxylic acids is 1. The van der Waals surface area contributed by atoms with E-state index in [-0.39, 0.29) is 5.97 Å². The summed E-state index contributed by atoms with van der Waals surface area (Å²) in [5, 5.41) is 3.90. The number of methoxy groups -OCH3 is 1. The molecule has 2 nitrogen and oxygen atoms in total. The van der Waals surface area contributed by atoms with Crippen molar-refractivity contribution in [3.63, 3.8) is 0 Å². The fraction of sp³-hybridized carbons (Fsp3) is 0.125. The van der Waals surface area contributed by atoms with Gasteiger partial charge in [0.25, 0.3) is 0 Å². The van der Waals surface area contributed by atoms with Gasteiger partial charge in [-0.1, -0.05) is 0 Å². The van der Waals surface area contributed by atoms with Crippen LogP contribution in [0.25, 0.3) is 6.08 Å². The number of hydrogen-bond donors (Lipinski definition) is 0. The van der Waals surface area contributed by atoms with Gasteiger partial charge in [0.15, 0.2) is 0 Å². The van der Waals surface area contributed by atoms with Crippen LogP contribution < -0.4 is 0 Å². The van der Waals surface area contributed by atoms with Crippen molar-refractivity contribution in [1.82, 2.24) is 0 Å². The minimum atomic E-state index is -0.340. The lowest BCUT2D eigenvalue weighted by Crippen LogP contribution is -1.92. The minimum Gasteiger partial charge on any atom is -0.466 e. The van der Waals surface area contributed by atoms with E-state index < -0.39 is 0 Å². The van der Waals surface area contributed by atoms with E-state index >= 15 is 0 Å². The second kappa shape index (κ2) is 4.42. The monoisotopic (exact) mass is 246 g/mol. The zero-order valence-corrected chi connectivity index (χ0v) is 8.81. The van der Waals surface area contributed by atoms with Crippen LogP contribution in [0.1, 0.15) is 5.56 Å². The summed E-state index contributed by atoms with van der Waals surface area (Å²) in [6.45, 7) is 0. The van der Waals surface area contributed by atoms with Gasteiger partial charge in [-0.3, -0.25) is 0 Å². The lowest BCUT2D eigenvalue weighted by molar-refractivity contribution is -0.134. The second-order valence-electron chi connectivity index (χ2n) is 2.03. The van der Waals surface area contributed by atoms with E-state index in [0.717, 1.165) is 10.0 Å². The van der Waals surface area contributed by atoms with Gasteiger partial charge < -0.3 is 4.74 Å². The molecule has 4 heteroatoms. The van der Waals surface area contributed by atoms with Crippen LogP contribution in [0, 0.1) is 0 Å². The summed E-state index contributed by atoms with van der Waals surface area (Å²) < 4.78 is 5.44. The predicted molar refractivity (Wildman–Crippen MR) is 53.1 cm³/mol. The fourth-order valence-corrected chi connectivity index (χ4v) is 2.03. The highest BCUT2D eigenvalue weighted by Gasteiger charge is 1.96. The van der Waals surface area contributed by atoms with E-state index in [4.69, 9.17) is 0 Å². The molecular weight excluding hydrogens is 240 g/mol. The third-order valence-electron chi connectivity index (χ3n) is 1.24. The van der Waals surface area contributed by atoms with Crippen LogP contribution in [0.5, 0.6) is 0 Å². The molecule has 12 heavy (non-hydrogen) atoms. The van der Waals surface area contributed by atoms with E-state index in [2.05, 4.69) is 20.7 Å². The first-order chi connectivity index (χ1) is 5.74. The quantitative estimate of drug-likeness (QED) is 0.593. The van der Waals surface area contributed by atoms with Crippen molar-refractivity contribution in [3.8, 4) is 0 Å². The first-order valence-electron chi connectivity index (χ1n) is 3.21. The highest BCUT2D eigenvalue weighted by Crippen LogP contribution is 2.22. The summed E-state index contributed by atoms with van der Waals surface area (Å²) in [4.78, 5) is 10.7. The Morgan fingerprint density at radius 2 is 2.42 bits per heavy atom. The first-order valence-corrected chi connectivity index (χ1v) is 4.95. The Labute approximate surface area is 83.0 Å². The maximum absolute atomic E-state index is 10.7. The minimum absolute atomic E-state index is 0.340. The van der Waals surface area contributed by atoms with E-state index in [1.807, 2.05) is 10.8 Å². The number of halogens is 1. The molecule has 1 heterocycles. The smallest absolute Gasteiger partial charge is 0.330 e. The normalized spacial score (nSPS) is 10.5. The third-order valence-corrected chi connectivity index (χ3v) is 2.99. The Morgan fingerprint density at radius 3 is 2.92 bits per heavy atom. The number of esters is 1. The van der Waals surface area contributed by atoms with Gasteiger partial charge in [0.05, 0.1) is 7.11 Å². The van der Waals surface area contributed by atoms with E-state index in [9.17, 15) is 4.79 Å². The average Bonchev–Trinajstić information content (AvgIpc) is 2.47. The molecular formula is C8H7BrO2S. The highest BCUT2D eigenvalue weighted by molar-refractivity contribution is 9.10. The number of rotatable bonds is 2. The maximum Gasteiger partial charge on any atom is 0.330 e. The molecule has 0 amide bonds. The third kappa shape index (κ3) is 2.46. The maximum atomic E-state index is 10.7. The van der Waals surface area contributed by atoms with Crippen LogP contribution in [0.15, 0.2) is 21.3 Å². The highest BCUT2D eigenvalue weighted by atomic mass is 79.9.